The molecule has 1 amide bonds. The predicted molar refractivity (Wildman–Crippen MR) is 66.0 cm³/mol. The fourth-order valence-corrected chi connectivity index (χ4v) is 1.57. The highest BCUT2D eigenvalue weighted by Crippen LogP contribution is 2.24. The van der Waals surface area contributed by atoms with E-state index in [0.29, 0.717) is 5.69 Å². The fraction of sp³-hybridized carbons (Fsp3) is 0.417. The molecule has 0 radical (unpaired) electrons. The zero-order valence-corrected chi connectivity index (χ0v) is 10.0. The van der Waals surface area contributed by atoms with Gasteiger partial charge in [-0.3, -0.25) is 14.9 Å². The number of non-ortho nitro benzene ring substituents is 1. The Morgan fingerprint density at radius 1 is 1.47 bits per heavy atom. The van der Waals surface area contributed by atoms with Crippen molar-refractivity contribution in [3.05, 3.63) is 33.9 Å². The molecule has 0 spiro atoms. The lowest BCUT2D eigenvalue weighted by atomic mass is 10.1. The van der Waals surface area contributed by atoms with E-state index in [9.17, 15) is 14.9 Å². The van der Waals surface area contributed by atoms with Crippen LogP contribution in [0, 0.1) is 10.1 Å². The Labute approximate surface area is 100.0 Å². The number of carbonyl (C=O) groups excluding carboxylic acids is 1. The van der Waals surface area contributed by atoms with Gasteiger partial charge in [-0.15, -0.1) is 0 Å². The molecule has 1 N–H and O–H groups in total. The van der Waals surface area contributed by atoms with Gasteiger partial charge in [-0.25, -0.2) is 0 Å². The highest BCUT2D eigenvalue weighted by atomic mass is 16.6. The Bertz CT molecular complexity index is 430. The number of nitro benzene ring substituents is 1. The average Bonchev–Trinajstić information content (AvgIpc) is 2.26. The van der Waals surface area contributed by atoms with E-state index in [1.807, 2.05) is 0 Å². The summed E-state index contributed by atoms with van der Waals surface area (Å²) in [6.45, 7) is 3.46. The molecule has 1 aromatic rings. The highest BCUT2D eigenvalue weighted by molar-refractivity contribution is 5.90. The van der Waals surface area contributed by atoms with E-state index < -0.39 is 4.92 Å². The lowest BCUT2D eigenvalue weighted by molar-refractivity contribution is -0.384. The molecule has 0 atom stereocenters. The van der Waals surface area contributed by atoms with Crippen LogP contribution in [0.3, 0.4) is 0 Å². The summed E-state index contributed by atoms with van der Waals surface area (Å²) in [6.07, 6.45) is 2.84. The Morgan fingerprint density at radius 2 is 2.18 bits per heavy atom. The van der Waals surface area contributed by atoms with Gasteiger partial charge in [0.1, 0.15) is 0 Å². The van der Waals surface area contributed by atoms with Gasteiger partial charge in [-0.1, -0.05) is 19.4 Å². The van der Waals surface area contributed by atoms with Crippen molar-refractivity contribution < 1.29 is 9.72 Å². The van der Waals surface area contributed by atoms with E-state index in [0.717, 1.165) is 24.8 Å². The van der Waals surface area contributed by atoms with Crippen LogP contribution < -0.4 is 5.32 Å². The van der Waals surface area contributed by atoms with Crippen LogP contribution in [-0.2, 0) is 11.2 Å². The number of hydrogen-bond acceptors (Lipinski definition) is 3. The highest BCUT2D eigenvalue weighted by Gasteiger charge is 2.11. The molecular formula is C12H16N2O3. The number of aryl methyl sites for hydroxylation is 1. The molecule has 1 rings (SSSR count). The van der Waals surface area contributed by atoms with Crippen LogP contribution in [0.25, 0.3) is 0 Å². The molecule has 0 saturated carbocycles. The van der Waals surface area contributed by atoms with Crippen molar-refractivity contribution >= 4 is 17.3 Å². The number of nitrogens with one attached hydrogen (secondary N) is 1. The fourth-order valence-electron chi connectivity index (χ4n) is 1.57. The topological polar surface area (TPSA) is 72.2 Å². The summed E-state index contributed by atoms with van der Waals surface area (Å²) in [5.41, 5.74) is 1.47. The molecule has 0 unspecified atom stereocenters. The molecule has 0 aliphatic heterocycles. The van der Waals surface area contributed by atoms with Crippen LogP contribution in [0.5, 0.6) is 0 Å². The number of anilines is 1. The van der Waals surface area contributed by atoms with Gasteiger partial charge in [-0.2, -0.15) is 0 Å². The van der Waals surface area contributed by atoms with Gasteiger partial charge in [0.2, 0.25) is 5.91 Å². The van der Waals surface area contributed by atoms with Crippen LogP contribution in [0.15, 0.2) is 18.2 Å². The first-order valence-corrected chi connectivity index (χ1v) is 5.59. The lowest BCUT2D eigenvalue weighted by Gasteiger charge is -2.09. The second kappa shape index (κ2) is 5.98. The Hall–Kier alpha value is -1.91. The van der Waals surface area contributed by atoms with Crippen LogP contribution in [0.1, 0.15) is 32.3 Å². The maximum atomic E-state index is 11.0. The molecular weight excluding hydrogens is 220 g/mol. The SMILES string of the molecule is CCCCc1ccc([N+](=O)[O-])cc1NC(C)=O. The molecule has 5 nitrogen and oxygen atoms in total. The quantitative estimate of drug-likeness (QED) is 0.631. The number of unbranched alkanes of at least 4 members (excludes halogenated alkanes) is 1. The standard InChI is InChI=1S/C12H16N2O3/c1-3-4-5-10-6-7-11(14(16)17)8-12(10)13-9(2)15/h6-8H,3-5H2,1-2H3,(H,13,15). The van der Waals surface area contributed by atoms with E-state index in [-0.39, 0.29) is 11.6 Å². The maximum absolute atomic E-state index is 11.0. The molecule has 92 valence electrons. The largest absolute Gasteiger partial charge is 0.326 e. The smallest absolute Gasteiger partial charge is 0.271 e. The van der Waals surface area contributed by atoms with Crippen molar-refractivity contribution in [1.82, 2.24) is 0 Å². The van der Waals surface area contributed by atoms with Gasteiger partial charge in [-0.05, 0) is 18.4 Å². The minimum Gasteiger partial charge on any atom is -0.326 e. The number of amides is 1. The van der Waals surface area contributed by atoms with Gasteiger partial charge in [0.25, 0.3) is 5.69 Å². The summed E-state index contributed by atoms with van der Waals surface area (Å²) in [4.78, 5) is 21.2. The predicted octanol–water partition coefficient (Wildman–Crippen LogP) is 2.90. The molecule has 0 aromatic heterocycles. The van der Waals surface area contributed by atoms with Gasteiger partial charge in [0.15, 0.2) is 0 Å². The zero-order valence-electron chi connectivity index (χ0n) is 10.0. The summed E-state index contributed by atoms with van der Waals surface area (Å²) in [5, 5.41) is 13.3. The number of nitro groups is 1. The van der Waals surface area contributed by atoms with Crippen molar-refractivity contribution in [3.63, 3.8) is 0 Å². The second-order valence-electron chi connectivity index (χ2n) is 3.88. The van der Waals surface area contributed by atoms with Crippen LogP contribution in [0.4, 0.5) is 11.4 Å². The molecule has 0 aliphatic rings. The summed E-state index contributed by atoms with van der Waals surface area (Å²) in [5.74, 6) is -0.219. The van der Waals surface area contributed by atoms with E-state index in [4.69, 9.17) is 0 Å². The van der Waals surface area contributed by atoms with Crippen molar-refractivity contribution in [1.29, 1.82) is 0 Å². The minimum atomic E-state index is -0.463. The van der Waals surface area contributed by atoms with E-state index in [2.05, 4.69) is 12.2 Å². The zero-order chi connectivity index (χ0) is 12.8. The average molecular weight is 236 g/mol. The number of hydrogen-bond donors (Lipinski definition) is 1. The summed E-state index contributed by atoms with van der Waals surface area (Å²) < 4.78 is 0. The maximum Gasteiger partial charge on any atom is 0.271 e. The van der Waals surface area contributed by atoms with E-state index in [1.54, 1.807) is 6.07 Å². The minimum absolute atomic E-state index is 0.00556. The van der Waals surface area contributed by atoms with Crippen LogP contribution >= 0.6 is 0 Å². The number of carbonyl (C=O) groups is 1. The van der Waals surface area contributed by atoms with Crippen molar-refractivity contribution in [3.8, 4) is 0 Å². The third kappa shape index (κ3) is 3.86. The molecule has 17 heavy (non-hydrogen) atoms. The summed E-state index contributed by atoms with van der Waals surface area (Å²) >= 11 is 0. The first-order valence-electron chi connectivity index (χ1n) is 5.59. The molecule has 0 fully saturated rings. The Balaban J connectivity index is 3.02. The lowest BCUT2D eigenvalue weighted by Crippen LogP contribution is -2.08. The Morgan fingerprint density at radius 3 is 2.71 bits per heavy atom. The first kappa shape index (κ1) is 13.2. The summed E-state index contributed by atoms with van der Waals surface area (Å²) in [6, 6.07) is 4.59. The molecule has 0 aliphatic carbocycles. The first-order chi connectivity index (χ1) is 8.04. The van der Waals surface area contributed by atoms with Gasteiger partial charge < -0.3 is 5.32 Å². The number of rotatable bonds is 5. The second-order valence-corrected chi connectivity index (χ2v) is 3.88. The molecule has 0 heterocycles. The molecule has 0 saturated heterocycles. The Kier molecular flexibility index (Phi) is 4.63. The van der Waals surface area contributed by atoms with Crippen molar-refractivity contribution in [2.45, 2.75) is 33.1 Å². The number of nitrogens with zero attached hydrogens (tertiary/aromatic N) is 1. The molecule has 5 heteroatoms. The normalized spacial score (nSPS) is 10.0. The number of benzene rings is 1. The van der Waals surface area contributed by atoms with Crippen molar-refractivity contribution in [2.75, 3.05) is 5.32 Å². The van der Waals surface area contributed by atoms with Crippen molar-refractivity contribution in [2.24, 2.45) is 0 Å². The van der Waals surface area contributed by atoms with Gasteiger partial charge in [0.05, 0.1) is 10.6 Å². The van der Waals surface area contributed by atoms with Crippen LogP contribution in [0.2, 0.25) is 0 Å². The van der Waals surface area contributed by atoms with Crippen LogP contribution in [-0.4, -0.2) is 10.8 Å². The third-order valence-electron chi connectivity index (χ3n) is 2.41. The summed E-state index contributed by atoms with van der Waals surface area (Å²) in [7, 11) is 0. The monoisotopic (exact) mass is 236 g/mol. The third-order valence-corrected chi connectivity index (χ3v) is 2.41. The molecule has 1 aromatic carbocycles. The van der Waals surface area contributed by atoms with Gasteiger partial charge >= 0.3 is 0 Å². The van der Waals surface area contributed by atoms with Gasteiger partial charge in [0, 0.05) is 19.1 Å². The van der Waals surface area contributed by atoms with E-state index >= 15 is 0 Å². The van der Waals surface area contributed by atoms with E-state index in [1.165, 1.54) is 19.1 Å². The molecule has 0 bridgehead atoms.